The van der Waals surface area contributed by atoms with Crippen molar-refractivity contribution in [3.8, 4) is 6.07 Å². The monoisotopic (exact) mass is 269 g/mol. The third-order valence-electron chi connectivity index (χ3n) is 6.14. The molecule has 1 heterocycles. The molecule has 0 radical (unpaired) electrons. The molecule has 4 aliphatic carbocycles. The van der Waals surface area contributed by atoms with E-state index < -0.39 is 0 Å². The molecule has 0 spiro atoms. The second-order valence-corrected chi connectivity index (χ2v) is 7.73. The van der Waals surface area contributed by atoms with Crippen LogP contribution in [0.15, 0.2) is 0 Å². The summed E-state index contributed by atoms with van der Waals surface area (Å²) in [6, 6.07) is 2.31. The third kappa shape index (κ3) is 1.74. The van der Waals surface area contributed by atoms with Crippen molar-refractivity contribution in [3.05, 3.63) is 17.0 Å². The number of hydrogen-bond donors (Lipinski definition) is 0. The quantitative estimate of drug-likeness (QED) is 0.823. The van der Waals surface area contributed by atoms with Crippen LogP contribution in [-0.4, -0.2) is 9.78 Å². The molecule has 3 heteroatoms. The predicted octanol–water partition coefficient (Wildman–Crippen LogP) is 3.59. The SMILES string of the molecule is Cc1nn(CC23CC4CC(CC(C4)C2)C3)c(C)c1C#N. The smallest absolute Gasteiger partial charge is 0.103 e. The maximum atomic E-state index is 9.24. The van der Waals surface area contributed by atoms with Gasteiger partial charge in [0.05, 0.1) is 17.0 Å². The van der Waals surface area contributed by atoms with Crippen molar-refractivity contribution in [3.63, 3.8) is 0 Å². The van der Waals surface area contributed by atoms with Crippen LogP contribution in [0.25, 0.3) is 0 Å². The number of nitriles is 1. The summed E-state index contributed by atoms with van der Waals surface area (Å²) in [5.41, 5.74) is 3.25. The van der Waals surface area contributed by atoms with E-state index in [2.05, 4.69) is 22.8 Å². The average Bonchev–Trinajstić information content (AvgIpc) is 2.61. The molecule has 3 nitrogen and oxygen atoms in total. The van der Waals surface area contributed by atoms with Crippen molar-refractivity contribution in [1.82, 2.24) is 9.78 Å². The van der Waals surface area contributed by atoms with Gasteiger partial charge < -0.3 is 0 Å². The Morgan fingerprint density at radius 2 is 1.70 bits per heavy atom. The first-order valence-corrected chi connectivity index (χ1v) is 8.03. The lowest BCUT2D eigenvalue weighted by molar-refractivity contribution is -0.0638. The fourth-order valence-electron chi connectivity index (χ4n) is 5.81. The van der Waals surface area contributed by atoms with Gasteiger partial charge in [-0.25, -0.2) is 0 Å². The molecule has 0 unspecified atom stereocenters. The van der Waals surface area contributed by atoms with Crippen molar-refractivity contribution in [2.75, 3.05) is 0 Å². The minimum absolute atomic E-state index is 0.491. The molecular weight excluding hydrogens is 246 g/mol. The zero-order valence-electron chi connectivity index (χ0n) is 12.5. The Bertz CT molecular complexity index is 555. The van der Waals surface area contributed by atoms with Gasteiger partial charge in [-0.2, -0.15) is 10.4 Å². The zero-order valence-corrected chi connectivity index (χ0v) is 12.5. The first kappa shape index (κ1) is 12.4. The van der Waals surface area contributed by atoms with Crippen LogP contribution in [0.2, 0.25) is 0 Å². The summed E-state index contributed by atoms with van der Waals surface area (Å²) in [4.78, 5) is 0. The van der Waals surface area contributed by atoms with Crippen LogP contribution in [0.4, 0.5) is 0 Å². The van der Waals surface area contributed by atoms with E-state index in [4.69, 9.17) is 0 Å². The van der Waals surface area contributed by atoms with Gasteiger partial charge in [-0.05, 0) is 75.5 Å². The lowest BCUT2D eigenvalue weighted by atomic mass is 9.49. The van der Waals surface area contributed by atoms with E-state index in [-0.39, 0.29) is 0 Å². The highest BCUT2D eigenvalue weighted by Gasteiger charge is 2.51. The van der Waals surface area contributed by atoms with Gasteiger partial charge in [0.1, 0.15) is 6.07 Å². The number of hydrogen-bond acceptors (Lipinski definition) is 2. The van der Waals surface area contributed by atoms with Crippen LogP contribution >= 0.6 is 0 Å². The van der Waals surface area contributed by atoms with Gasteiger partial charge in [0.2, 0.25) is 0 Å². The Kier molecular flexibility index (Phi) is 2.55. The largest absolute Gasteiger partial charge is 0.268 e. The molecule has 1 aromatic heterocycles. The molecule has 5 rings (SSSR count). The van der Waals surface area contributed by atoms with E-state index in [1.165, 1.54) is 38.5 Å². The minimum atomic E-state index is 0.491. The first-order chi connectivity index (χ1) is 9.58. The summed E-state index contributed by atoms with van der Waals surface area (Å²) in [7, 11) is 0. The molecule has 106 valence electrons. The van der Waals surface area contributed by atoms with Crippen molar-refractivity contribution >= 4 is 0 Å². The van der Waals surface area contributed by atoms with Gasteiger partial charge in [-0.15, -0.1) is 0 Å². The molecule has 0 amide bonds. The lowest BCUT2D eigenvalue weighted by Gasteiger charge is -2.56. The topological polar surface area (TPSA) is 41.6 Å². The van der Waals surface area contributed by atoms with E-state index in [1.807, 2.05) is 6.92 Å². The molecule has 1 aromatic rings. The van der Waals surface area contributed by atoms with Crippen molar-refractivity contribution < 1.29 is 0 Å². The predicted molar refractivity (Wildman–Crippen MR) is 77.0 cm³/mol. The fourth-order valence-corrected chi connectivity index (χ4v) is 5.81. The van der Waals surface area contributed by atoms with Gasteiger partial charge in [-0.3, -0.25) is 4.68 Å². The van der Waals surface area contributed by atoms with Crippen LogP contribution < -0.4 is 0 Å². The highest BCUT2D eigenvalue weighted by atomic mass is 15.3. The summed E-state index contributed by atoms with van der Waals surface area (Å²) in [6.07, 6.45) is 8.66. The van der Waals surface area contributed by atoms with Crippen molar-refractivity contribution in [1.29, 1.82) is 5.26 Å². The lowest BCUT2D eigenvalue weighted by Crippen LogP contribution is -2.48. The van der Waals surface area contributed by atoms with Gasteiger partial charge in [-0.1, -0.05) is 0 Å². The average molecular weight is 269 g/mol. The molecule has 0 atom stereocenters. The summed E-state index contributed by atoms with van der Waals surface area (Å²) in [5.74, 6) is 2.94. The summed E-state index contributed by atoms with van der Waals surface area (Å²) >= 11 is 0. The minimum Gasteiger partial charge on any atom is -0.268 e. The normalized spacial score (nSPS) is 38.1. The van der Waals surface area contributed by atoms with Gasteiger partial charge in [0.25, 0.3) is 0 Å². The molecule has 4 saturated carbocycles. The maximum absolute atomic E-state index is 9.24. The molecule has 20 heavy (non-hydrogen) atoms. The van der Waals surface area contributed by atoms with E-state index >= 15 is 0 Å². The van der Waals surface area contributed by atoms with E-state index in [0.717, 1.165) is 41.2 Å². The highest BCUT2D eigenvalue weighted by molar-refractivity contribution is 5.36. The second kappa shape index (κ2) is 4.10. The standard InChI is InChI=1S/C17H23N3/c1-11-16(9-18)12(2)20(19-11)10-17-6-13-3-14(7-17)5-15(4-13)8-17/h13-15H,3-8,10H2,1-2H3. The van der Waals surface area contributed by atoms with E-state index in [9.17, 15) is 5.26 Å². The Morgan fingerprint density at radius 1 is 1.15 bits per heavy atom. The Hall–Kier alpha value is -1.30. The van der Waals surface area contributed by atoms with Crippen LogP contribution in [-0.2, 0) is 6.54 Å². The van der Waals surface area contributed by atoms with Crippen LogP contribution in [0.5, 0.6) is 0 Å². The molecule has 4 fully saturated rings. The zero-order chi connectivity index (χ0) is 13.9. The van der Waals surface area contributed by atoms with Crippen LogP contribution in [0.1, 0.15) is 55.5 Å². The van der Waals surface area contributed by atoms with Gasteiger partial charge in [0, 0.05) is 6.54 Å². The summed E-state index contributed by atoms with van der Waals surface area (Å²) in [6.45, 7) is 5.06. The van der Waals surface area contributed by atoms with Crippen LogP contribution in [0.3, 0.4) is 0 Å². The summed E-state index contributed by atoms with van der Waals surface area (Å²) < 4.78 is 2.14. The van der Waals surface area contributed by atoms with Gasteiger partial charge >= 0.3 is 0 Å². The molecule has 0 aliphatic heterocycles. The Morgan fingerprint density at radius 3 is 2.15 bits per heavy atom. The summed E-state index contributed by atoms with van der Waals surface area (Å²) in [5, 5.41) is 13.9. The van der Waals surface area contributed by atoms with E-state index in [0.29, 0.717) is 5.41 Å². The first-order valence-electron chi connectivity index (χ1n) is 8.03. The second-order valence-electron chi connectivity index (χ2n) is 7.73. The van der Waals surface area contributed by atoms with E-state index in [1.54, 1.807) is 0 Å². The van der Waals surface area contributed by atoms with Crippen molar-refractivity contribution in [2.45, 2.75) is 58.9 Å². The van der Waals surface area contributed by atoms with Crippen LogP contribution in [0, 0.1) is 48.3 Å². The highest BCUT2D eigenvalue weighted by Crippen LogP contribution is 2.60. The number of aromatic nitrogens is 2. The molecule has 0 N–H and O–H groups in total. The molecule has 4 aliphatic rings. The fraction of sp³-hybridized carbons (Fsp3) is 0.765. The Balaban J connectivity index is 1.65. The number of rotatable bonds is 2. The molecule has 4 bridgehead atoms. The molecule has 0 saturated heterocycles. The van der Waals surface area contributed by atoms with Gasteiger partial charge in [0.15, 0.2) is 0 Å². The third-order valence-corrected chi connectivity index (χ3v) is 6.14. The maximum Gasteiger partial charge on any atom is 0.103 e. The van der Waals surface area contributed by atoms with Crippen molar-refractivity contribution in [2.24, 2.45) is 23.2 Å². The molecular formula is C17H23N3. The Labute approximate surface area is 121 Å². The molecule has 0 aromatic carbocycles. The number of aryl methyl sites for hydroxylation is 1. The number of nitrogens with zero attached hydrogens (tertiary/aromatic N) is 3.